The molecule has 1 saturated heterocycles. The van der Waals surface area contributed by atoms with Gasteiger partial charge in [0.2, 0.25) is 11.8 Å². The van der Waals surface area contributed by atoms with Gasteiger partial charge in [-0.05, 0) is 71.3 Å². The molecule has 2 heterocycles. The van der Waals surface area contributed by atoms with Crippen LogP contribution in [0, 0.1) is 17.8 Å². The average Bonchev–Trinajstić information content (AvgIpc) is 3.26. The molecule has 1 fully saturated rings. The molecule has 7 nitrogen and oxygen atoms in total. The number of benzene rings is 4. The minimum Gasteiger partial charge on any atom is -0.497 e. The van der Waals surface area contributed by atoms with Crippen molar-refractivity contribution in [3.63, 3.8) is 0 Å². The van der Waals surface area contributed by atoms with Crippen LogP contribution in [-0.4, -0.2) is 31.5 Å². The van der Waals surface area contributed by atoms with Crippen LogP contribution < -0.4 is 19.1 Å². The minimum atomic E-state index is -0.916. The van der Waals surface area contributed by atoms with Crippen LogP contribution in [-0.2, 0) is 14.4 Å². The number of ether oxygens (including phenoxy) is 3. The lowest BCUT2D eigenvalue weighted by molar-refractivity contribution is -0.142. The summed E-state index contributed by atoms with van der Waals surface area (Å²) in [4.78, 5) is 43.3. The van der Waals surface area contributed by atoms with Gasteiger partial charge in [0.15, 0.2) is 0 Å². The van der Waals surface area contributed by atoms with Crippen molar-refractivity contribution in [3.05, 3.63) is 102 Å². The van der Waals surface area contributed by atoms with Gasteiger partial charge in [0, 0.05) is 11.5 Å². The molecular weight excluding hydrogens is 518 g/mol. The lowest BCUT2D eigenvalue weighted by Crippen LogP contribution is -2.42. The highest BCUT2D eigenvalue weighted by molar-refractivity contribution is 6.25. The molecule has 2 amide bonds. The molecule has 2 aliphatic heterocycles. The number of carbonyl (C=O) groups excluding carboxylic acids is 3. The highest BCUT2D eigenvalue weighted by Crippen LogP contribution is 2.55. The summed E-state index contributed by atoms with van der Waals surface area (Å²) < 4.78 is 16.8. The van der Waals surface area contributed by atoms with Crippen LogP contribution in [0.1, 0.15) is 24.0 Å². The van der Waals surface area contributed by atoms with Crippen molar-refractivity contribution in [1.82, 2.24) is 0 Å². The lowest BCUT2D eigenvalue weighted by Gasteiger charge is -2.38. The Morgan fingerprint density at radius 2 is 1.51 bits per heavy atom. The second-order valence-electron chi connectivity index (χ2n) is 10.5. The Labute approximate surface area is 236 Å². The van der Waals surface area contributed by atoms with Gasteiger partial charge >= 0.3 is 5.97 Å². The lowest BCUT2D eigenvalue weighted by atomic mass is 9.64. The molecule has 0 spiro atoms. The van der Waals surface area contributed by atoms with E-state index in [0.717, 1.165) is 27.5 Å². The van der Waals surface area contributed by atoms with Crippen LogP contribution in [0.25, 0.3) is 16.3 Å². The number of imide groups is 1. The number of carbonyl (C=O) groups is 3. The Morgan fingerprint density at radius 3 is 2.24 bits per heavy atom. The molecule has 7 rings (SSSR count). The van der Waals surface area contributed by atoms with E-state index in [1.807, 2.05) is 67.6 Å². The first-order valence-electron chi connectivity index (χ1n) is 13.7. The van der Waals surface area contributed by atoms with Gasteiger partial charge in [0.1, 0.15) is 17.2 Å². The number of amides is 2. The molecule has 0 saturated carbocycles. The van der Waals surface area contributed by atoms with Crippen LogP contribution >= 0.6 is 0 Å². The summed E-state index contributed by atoms with van der Waals surface area (Å²) in [6.45, 7) is 2.39. The van der Waals surface area contributed by atoms with Gasteiger partial charge in [0.05, 0.1) is 37.2 Å². The van der Waals surface area contributed by atoms with E-state index in [-0.39, 0.29) is 5.91 Å². The summed E-state index contributed by atoms with van der Waals surface area (Å²) in [5.74, 6) is -2.51. The maximum absolute atomic E-state index is 14.2. The number of methoxy groups -OCH3 is 1. The van der Waals surface area contributed by atoms with E-state index in [4.69, 9.17) is 14.2 Å². The fraction of sp³-hybridized carbons (Fsp3) is 0.206. The molecule has 0 radical (unpaired) electrons. The number of nitrogens with zero attached hydrogens (tertiary/aromatic N) is 1. The topological polar surface area (TPSA) is 82.1 Å². The Hall–Kier alpha value is -4.91. The van der Waals surface area contributed by atoms with E-state index < -0.39 is 35.5 Å². The average molecular weight is 546 g/mol. The smallest absolute Gasteiger partial charge is 0.319 e. The number of allylic oxidation sites excluding steroid dienone is 1. The van der Waals surface area contributed by atoms with Crippen molar-refractivity contribution >= 4 is 39.8 Å². The maximum Gasteiger partial charge on any atom is 0.319 e. The number of hydrogen-bond donors (Lipinski definition) is 0. The summed E-state index contributed by atoms with van der Waals surface area (Å²) in [5.41, 5.74) is 2.83. The third-order valence-electron chi connectivity index (χ3n) is 8.39. The summed E-state index contributed by atoms with van der Waals surface area (Å²) in [6, 6.07) is 26.0. The van der Waals surface area contributed by atoms with Gasteiger partial charge in [-0.3, -0.25) is 14.4 Å². The molecule has 4 atom stereocenters. The predicted octanol–water partition coefficient (Wildman–Crippen LogP) is 5.77. The zero-order valence-corrected chi connectivity index (χ0v) is 22.6. The van der Waals surface area contributed by atoms with E-state index in [1.165, 1.54) is 4.90 Å². The molecule has 0 unspecified atom stereocenters. The van der Waals surface area contributed by atoms with E-state index >= 15 is 0 Å². The first-order chi connectivity index (χ1) is 20.0. The van der Waals surface area contributed by atoms with Crippen LogP contribution in [0.15, 0.2) is 91.0 Å². The standard InChI is InChI=1S/C34H27NO6/c1-3-40-23-15-11-21(12-16-23)35-32(36)29-25(20-8-13-22(39-2)14-9-20)18-26-28-24-7-5-4-6-19(24)10-17-27(28)41-34(38)30(26)31(29)33(35)37/h4-18,25,29-31H,3H2,1-2H3/t25-,29+,30-,31+/m1/s1. The Balaban J connectivity index is 1.42. The molecule has 4 aromatic rings. The zero-order valence-electron chi connectivity index (χ0n) is 22.6. The molecule has 1 aliphatic carbocycles. The van der Waals surface area contributed by atoms with Gasteiger partial charge in [-0.1, -0.05) is 48.5 Å². The molecule has 3 aliphatic rings. The van der Waals surface area contributed by atoms with E-state index in [2.05, 4.69) is 0 Å². The molecule has 0 bridgehead atoms. The SMILES string of the molecule is CCOc1ccc(N2C(=O)[C@@H]3[C@@H]4C(=O)Oc5ccc6ccccc6c5C4=C[C@H](c4ccc(OC)cc4)[C@@H]3C2=O)cc1. The molecule has 4 aromatic carbocycles. The normalized spacial score (nSPS) is 22.9. The quantitative estimate of drug-likeness (QED) is 0.180. The van der Waals surface area contributed by atoms with Crippen molar-refractivity contribution in [3.8, 4) is 17.2 Å². The van der Waals surface area contributed by atoms with E-state index in [0.29, 0.717) is 29.5 Å². The van der Waals surface area contributed by atoms with Crippen LogP contribution in [0.4, 0.5) is 5.69 Å². The van der Waals surface area contributed by atoms with Crippen molar-refractivity contribution in [2.45, 2.75) is 12.8 Å². The van der Waals surface area contributed by atoms with Crippen molar-refractivity contribution < 1.29 is 28.6 Å². The fourth-order valence-corrected chi connectivity index (χ4v) is 6.60. The van der Waals surface area contributed by atoms with Crippen molar-refractivity contribution in [1.29, 1.82) is 0 Å². The highest BCUT2D eigenvalue weighted by atomic mass is 16.5. The first-order valence-corrected chi connectivity index (χ1v) is 13.7. The third kappa shape index (κ3) is 3.84. The van der Waals surface area contributed by atoms with E-state index in [9.17, 15) is 14.4 Å². The Bertz CT molecular complexity index is 1740. The van der Waals surface area contributed by atoms with E-state index in [1.54, 1.807) is 37.4 Å². The van der Waals surface area contributed by atoms with Crippen molar-refractivity contribution in [2.24, 2.45) is 17.8 Å². The Kier molecular flexibility index (Phi) is 5.89. The maximum atomic E-state index is 14.2. The summed E-state index contributed by atoms with van der Waals surface area (Å²) in [5, 5.41) is 1.93. The summed E-state index contributed by atoms with van der Waals surface area (Å²) >= 11 is 0. The van der Waals surface area contributed by atoms with Gasteiger partial charge in [-0.25, -0.2) is 4.90 Å². The third-order valence-corrected chi connectivity index (χ3v) is 8.39. The second kappa shape index (κ2) is 9.63. The van der Waals surface area contributed by atoms with Gasteiger partial charge in [0.25, 0.3) is 0 Å². The molecule has 0 N–H and O–H groups in total. The monoisotopic (exact) mass is 545 g/mol. The van der Waals surface area contributed by atoms with Gasteiger partial charge in [-0.15, -0.1) is 0 Å². The number of anilines is 1. The molecule has 7 heteroatoms. The molecule has 41 heavy (non-hydrogen) atoms. The Morgan fingerprint density at radius 1 is 0.805 bits per heavy atom. The highest BCUT2D eigenvalue weighted by Gasteiger charge is 2.60. The summed E-state index contributed by atoms with van der Waals surface area (Å²) in [6.07, 6.45) is 2.01. The largest absolute Gasteiger partial charge is 0.497 e. The van der Waals surface area contributed by atoms with Gasteiger partial charge in [-0.2, -0.15) is 0 Å². The predicted molar refractivity (Wildman–Crippen MR) is 154 cm³/mol. The summed E-state index contributed by atoms with van der Waals surface area (Å²) in [7, 11) is 1.60. The number of hydrogen-bond acceptors (Lipinski definition) is 6. The van der Waals surface area contributed by atoms with Crippen LogP contribution in [0.5, 0.6) is 17.2 Å². The number of esters is 1. The van der Waals surface area contributed by atoms with Gasteiger partial charge < -0.3 is 14.2 Å². The van der Waals surface area contributed by atoms with Crippen LogP contribution in [0.3, 0.4) is 0 Å². The molecular formula is C34H27NO6. The van der Waals surface area contributed by atoms with Crippen molar-refractivity contribution in [2.75, 3.05) is 18.6 Å². The zero-order chi connectivity index (χ0) is 28.2. The molecule has 0 aromatic heterocycles. The number of fused-ring (bicyclic) bond motifs is 7. The van der Waals surface area contributed by atoms with Crippen LogP contribution in [0.2, 0.25) is 0 Å². The first kappa shape index (κ1) is 25.1. The second-order valence-corrected chi connectivity index (χ2v) is 10.5. The fourth-order valence-electron chi connectivity index (χ4n) is 6.60. The molecule has 204 valence electrons. The minimum absolute atomic E-state index is 0.336. The number of rotatable bonds is 5.